The molecule has 0 radical (unpaired) electrons. The minimum Gasteiger partial charge on any atom is -0.312 e. The van der Waals surface area contributed by atoms with E-state index in [-0.39, 0.29) is 11.6 Å². The van der Waals surface area contributed by atoms with Gasteiger partial charge < -0.3 is 5.32 Å². The minimum atomic E-state index is -0.296. The average Bonchev–Trinajstić information content (AvgIpc) is 2.75. The van der Waals surface area contributed by atoms with Gasteiger partial charge in [-0.3, -0.25) is 4.79 Å². The van der Waals surface area contributed by atoms with Crippen LogP contribution in [0.4, 0.5) is 0 Å². The SMILES string of the molecule is Cc1ccccc1C(=O)NC(C#N)=C(Sc1ccc(Br)cc1)Sc1ccc(Br)cc1. The van der Waals surface area contributed by atoms with Crippen molar-refractivity contribution < 1.29 is 4.79 Å². The quantitative estimate of drug-likeness (QED) is 0.250. The van der Waals surface area contributed by atoms with E-state index in [4.69, 9.17) is 0 Å². The van der Waals surface area contributed by atoms with Crippen LogP contribution in [-0.4, -0.2) is 5.91 Å². The molecular formula is C23H16Br2N2OS2. The van der Waals surface area contributed by atoms with Crippen molar-refractivity contribution in [2.45, 2.75) is 16.7 Å². The lowest BCUT2D eigenvalue weighted by atomic mass is 10.1. The van der Waals surface area contributed by atoms with Gasteiger partial charge in [0.2, 0.25) is 0 Å². The zero-order chi connectivity index (χ0) is 21.5. The third-order valence-electron chi connectivity index (χ3n) is 3.99. The molecule has 0 fully saturated rings. The van der Waals surface area contributed by atoms with Crippen LogP contribution in [0.2, 0.25) is 0 Å². The number of benzene rings is 3. The molecule has 7 heteroatoms. The molecule has 3 nitrogen and oxygen atoms in total. The van der Waals surface area contributed by atoms with Crippen LogP contribution < -0.4 is 5.32 Å². The van der Waals surface area contributed by atoms with Crippen molar-refractivity contribution in [2.75, 3.05) is 0 Å². The van der Waals surface area contributed by atoms with E-state index in [1.54, 1.807) is 6.07 Å². The number of nitrogens with one attached hydrogen (secondary N) is 1. The molecular weight excluding hydrogens is 544 g/mol. The fourth-order valence-corrected chi connectivity index (χ4v) is 5.12. The number of carbonyl (C=O) groups excluding carboxylic acids is 1. The van der Waals surface area contributed by atoms with Gasteiger partial charge in [0.1, 0.15) is 11.8 Å². The third kappa shape index (κ3) is 6.26. The lowest BCUT2D eigenvalue weighted by Crippen LogP contribution is -2.23. The Hall–Kier alpha value is -1.98. The van der Waals surface area contributed by atoms with Gasteiger partial charge in [-0.15, -0.1) is 0 Å². The lowest BCUT2D eigenvalue weighted by molar-refractivity contribution is 0.0967. The van der Waals surface area contributed by atoms with Crippen molar-refractivity contribution in [3.8, 4) is 6.07 Å². The molecule has 0 aliphatic heterocycles. The second kappa shape index (κ2) is 10.9. The number of thioether (sulfide) groups is 2. The number of carbonyl (C=O) groups is 1. The van der Waals surface area contributed by atoms with Crippen LogP contribution in [0.25, 0.3) is 0 Å². The van der Waals surface area contributed by atoms with E-state index in [1.165, 1.54) is 23.5 Å². The van der Waals surface area contributed by atoms with Gasteiger partial charge in [-0.2, -0.15) is 5.26 Å². The Morgan fingerprint density at radius 2 is 1.37 bits per heavy atom. The highest BCUT2D eigenvalue weighted by Crippen LogP contribution is 2.41. The Kier molecular flexibility index (Phi) is 8.23. The van der Waals surface area contributed by atoms with E-state index in [1.807, 2.05) is 73.7 Å². The Labute approximate surface area is 201 Å². The van der Waals surface area contributed by atoms with Crippen LogP contribution in [0.3, 0.4) is 0 Å². The summed E-state index contributed by atoms with van der Waals surface area (Å²) in [7, 11) is 0. The molecule has 1 amide bonds. The summed E-state index contributed by atoms with van der Waals surface area (Å²) in [4.78, 5) is 14.7. The first kappa shape index (κ1) is 22.7. The highest BCUT2D eigenvalue weighted by Gasteiger charge is 2.16. The van der Waals surface area contributed by atoms with E-state index in [0.29, 0.717) is 9.80 Å². The van der Waals surface area contributed by atoms with Crippen molar-refractivity contribution in [2.24, 2.45) is 0 Å². The van der Waals surface area contributed by atoms with Crippen molar-refractivity contribution in [1.82, 2.24) is 5.32 Å². The Morgan fingerprint density at radius 1 is 0.867 bits per heavy atom. The molecule has 0 aliphatic carbocycles. The number of rotatable bonds is 6. The van der Waals surface area contributed by atoms with Crippen LogP contribution in [0.1, 0.15) is 15.9 Å². The van der Waals surface area contributed by atoms with Crippen LogP contribution in [-0.2, 0) is 0 Å². The van der Waals surface area contributed by atoms with Gasteiger partial charge in [0, 0.05) is 24.3 Å². The highest BCUT2D eigenvalue weighted by molar-refractivity contribution is 9.10. The molecule has 3 aromatic carbocycles. The van der Waals surface area contributed by atoms with E-state index in [0.717, 1.165) is 24.3 Å². The summed E-state index contributed by atoms with van der Waals surface area (Å²) in [5.74, 6) is -0.296. The first-order valence-electron chi connectivity index (χ1n) is 8.84. The molecule has 0 aromatic heterocycles. The molecule has 3 rings (SSSR count). The fraction of sp³-hybridized carbons (Fsp3) is 0.0435. The molecule has 0 bridgehead atoms. The monoisotopic (exact) mass is 558 g/mol. The average molecular weight is 560 g/mol. The number of hydrogen-bond donors (Lipinski definition) is 1. The number of aryl methyl sites for hydroxylation is 1. The maximum absolute atomic E-state index is 12.8. The summed E-state index contributed by atoms with van der Waals surface area (Å²) in [6.07, 6.45) is 0. The van der Waals surface area contributed by atoms with E-state index < -0.39 is 0 Å². The summed E-state index contributed by atoms with van der Waals surface area (Å²) < 4.78 is 2.65. The highest BCUT2D eigenvalue weighted by atomic mass is 79.9. The summed E-state index contributed by atoms with van der Waals surface area (Å²) in [6.45, 7) is 1.87. The molecule has 0 unspecified atom stereocenters. The third-order valence-corrected chi connectivity index (χ3v) is 7.34. The van der Waals surface area contributed by atoms with Gasteiger partial charge in [-0.1, -0.05) is 73.6 Å². The molecule has 0 atom stereocenters. The van der Waals surface area contributed by atoms with E-state index in [9.17, 15) is 10.1 Å². The van der Waals surface area contributed by atoms with Crippen molar-refractivity contribution in [3.05, 3.63) is 103 Å². The van der Waals surface area contributed by atoms with Gasteiger partial charge in [0.15, 0.2) is 0 Å². The van der Waals surface area contributed by atoms with Crippen LogP contribution in [0.15, 0.2) is 101 Å². The predicted octanol–water partition coefficient (Wildman–Crippen LogP) is 7.53. The van der Waals surface area contributed by atoms with Crippen molar-refractivity contribution in [1.29, 1.82) is 5.26 Å². The fourth-order valence-electron chi connectivity index (χ4n) is 2.48. The van der Waals surface area contributed by atoms with Gasteiger partial charge in [-0.25, -0.2) is 0 Å². The number of hydrogen-bond acceptors (Lipinski definition) is 4. The second-order valence-corrected chi connectivity index (χ2v) is 10.4. The molecule has 0 saturated heterocycles. The summed E-state index contributed by atoms with van der Waals surface area (Å²) in [6, 6.07) is 25.1. The molecule has 0 spiro atoms. The normalized spacial score (nSPS) is 10.2. The van der Waals surface area contributed by atoms with Crippen molar-refractivity contribution in [3.63, 3.8) is 0 Å². The molecule has 1 N–H and O–H groups in total. The maximum Gasteiger partial charge on any atom is 0.256 e. The zero-order valence-electron chi connectivity index (χ0n) is 15.9. The molecule has 3 aromatic rings. The number of allylic oxidation sites excluding steroid dienone is 1. The van der Waals surface area contributed by atoms with Crippen LogP contribution in [0.5, 0.6) is 0 Å². The summed E-state index contributed by atoms with van der Waals surface area (Å²) >= 11 is 9.77. The lowest BCUT2D eigenvalue weighted by Gasteiger charge is -2.12. The molecule has 0 heterocycles. The van der Waals surface area contributed by atoms with Gasteiger partial charge >= 0.3 is 0 Å². The number of nitriles is 1. The smallest absolute Gasteiger partial charge is 0.256 e. The molecule has 0 saturated carbocycles. The number of nitrogens with zero attached hydrogens (tertiary/aromatic N) is 1. The summed E-state index contributed by atoms with van der Waals surface area (Å²) in [5, 5.41) is 12.6. The van der Waals surface area contributed by atoms with Crippen molar-refractivity contribution >= 4 is 61.3 Å². The number of amides is 1. The maximum atomic E-state index is 12.8. The Morgan fingerprint density at radius 3 is 1.83 bits per heavy atom. The summed E-state index contributed by atoms with van der Waals surface area (Å²) in [5.41, 5.74) is 1.63. The van der Waals surface area contributed by atoms with E-state index in [2.05, 4.69) is 43.2 Å². The van der Waals surface area contributed by atoms with Gasteiger partial charge in [-0.05, 0) is 67.1 Å². The number of halogens is 2. The van der Waals surface area contributed by atoms with E-state index >= 15 is 0 Å². The molecule has 30 heavy (non-hydrogen) atoms. The predicted molar refractivity (Wildman–Crippen MR) is 131 cm³/mol. The second-order valence-electron chi connectivity index (χ2n) is 6.16. The Balaban J connectivity index is 1.95. The molecule has 150 valence electrons. The van der Waals surface area contributed by atoms with Crippen LogP contribution >= 0.6 is 55.4 Å². The largest absolute Gasteiger partial charge is 0.312 e. The topological polar surface area (TPSA) is 52.9 Å². The minimum absolute atomic E-state index is 0.226. The molecule has 0 aliphatic rings. The zero-order valence-corrected chi connectivity index (χ0v) is 20.7. The first-order valence-corrected chi connectivity index (χ1v) is 12.1. The first-order chi connectivity index (χ1) is 14.5. The Bertz CT molecular complexity index is 1070. The van der Waals surface area contributed by atoms with Gasteiger partial charge in [0.05, 0.1) is 4.24 Å². The van der Waals surface area contributed by atoms with Crippen LogP contribution in [0, 0.1) is 18.3 Å². The standard InChI is InChI=1S/C23H16Br2N2OS2/c1-15-4-2-3-5-20(15)22(28)27-21(14-26)23(29-18-10-6-16(24)7-11-18)30-19-12-8-17(25)9-13-19/h2-13H,1H3,(H,27,28). The van der Waals surface area contributed by atoms with Gasteiger partial charge in [0.25, 0.3) is 5.91 Å².